The lowest BCUT2D eigenvalue weighted by Gasteiger charge is -2.37. The number of aromatic nitrogens is 2. The van der Waals surface area contributed by atoms with E-state index in [0.717, 1.165) is 19.6 Å². The molecule has 1 aliphatic rings. The highest BCUT2D eigenvalue weighted by Gasteiger charge is 2.27. The van der Waals surface area contributed by atoms with E-state index >= 15 is 0 Å². The first-order valence-corrected chi connectivity index (χ1v) is 6.44. The van der Waals surface area contributed by atoms with Crippen molar-refractivity contribution in [2.45, 2.75) is 26.3 Å². The molecule has 1 aromatic rings. The maximum absolute atomic E-state index is 4.21. The predicted molar refractivity (Wildman–Crippen MR) is 69.8 cm³/mol. The summed E-state index contributed by atoms with van der Waals surface area (Å²) in [6, 6.07) is 0. The van der Waals surface area contributed by atoms with Crippen LogP contribution in [0.1, 0.15) is 25.3 Å². The summed E-state index contributed by atoms with van der Waals surface area (Å²) < 4.78 is 1.87. The van der Waals surface area contributed by atoms with Crippen molar-refractivity contribution < 1.29 is 0 Å². The van der Waals surface area contributed by atoms with E-state index in [1.165, 1.54) is 24.9 Å². The quantitative estimate of drug-likeness (QED) is 0.854. The summed E-state index contributed by atoms with van der Waals surface area (Å²) in [5.74, 6) is 0. The molecule has 17 heavy (non-hydrogen) atoms. The molecule has 96 valence electrons. The predicted octanol–water partition coefficient (Wildman–Crippen LogP) is 1.24. The number of nitrogens with one attached hydrogen (secondary N) is 1. The standard InChI is InChI=1S/C13H24N4/c1-13(5-4-6-14-10-13)11-16(2)8-12-7-15-17(3)9-12/h7,9,14H,4-6,8,10-11H2,1-3H3. The van der Waals surface area contributed by atoms with Gasteiger partial charge in [0.1, 0.15) is 0 Å². The van der Waals surface area contributed by atoms with Crippen molar-refractivity contribution in [3.05, 3.63) is 18.0 Å². The van der Waals surface area contributed by atoms with Crippen molar-refractivity contribution in [3.63, 3.8) is 0 Å². The molecule has 1 atom stereocenters. The van der Waals surface area contributed by atoms with Crippen LogP contribution in [-0.2, 0) is 13.6 Å². The van der Waals surface area contributed by atoms with Gasteiger partial charge in [0.05, 0.1) is 6.20 Å². The van der Waals surface area contributed by atoms with Gasteiger partial charge in [0, 0.05) is 38.4 Å². The Labute approximate surface area is 104 Å². The van der Waals surface area contributed by atoms with Gasteiger partial charge >= 0.3 is 0 Å². The summed E-state index contributed by atoms with van der Waals surface area (Å²) in [4.78, 5) is 2.41. The Hall–Kier alpha value is -0.870. The smallest absolute Gasteiger partial charge is 0.0534 e. The second kappa shape index (κ2) is 5.19. The summed E-state index contributed by atoms with van der Waals surface area (Å²) in [5.41, 5.74) is 1.72. The third-order valence-electron chi connectivity index (χ3n) is 3.55. The molecule has 0 amide bonds. The van der Waals surface area contributed by atoms with Crippen LogP contribution in [-0.4, -0.2) is 41.4 Å². The third kappa shape index (κ3) is 3.54. The number of piperidine rings is 1. The van der Waals surface area contributed by atoms with E-state index < -0.39 is 0 Å². The summed E-state index contributed by atoms with van der Waals surface area (Å²) in [6.07, 6.45) is 6.69. The average Bonchev–Trinajstić information content (AvgIpc) is 2.63. The molecule has 0 saturated carbocycles. The van der Waals surface area contributed by atoms with Crippen LogP contribution in [0.25, 0.3) is 0 Å². The molecule has 1 N–H and O–H groups in total. The minimum Gasteiger partial charge on any atom is -0.316 e. The molecule has 4 nitrogen and oxygen atoms in total. The largest absolute Gasteiger partial charge is 0.316 e. The van der Waals surface area contributed by atoms with Crippen LogP contribution in [0.4, 0.5) is 0 Å². The van der Waals surface area contributed by atoms with Crippen molar-refractivity contribution in [1.29, 1.82) is 0 Å². The number of hydrogen-bond donors (Lipinski definition) is 1. The number of aryl methyl sites for hydroxylation is 1. The second-order valence-corrected chi connectivity index (χ2v) is 5.79. The molecule has 1 aromatic heterocycles. The van der Waals surface area contributed by atoms with Crippen molar-refractivity contribution >= 4 is 0 Å². The van der Waals surface area contributed by atoms with Crippen molar-refractivity contribution in [1.82, 2.24) is 20.0 Å². The highest BCUT2D eigenvalue weighted by Crippen LogP contribution is 2.26. The molecular formula is C13H24N4. The second-order valence-electron chi connectivity index (χ2n) is 5.79. The van der Waals surface area contributed by atoms with Crippen LogP contribution >= 0.6 is 0 Å². The summed E-state index contributed by atoms with van der Waals surface area (Å²) in [6.45, 7) is 6.85. The van der Waals surface area contributed by atoms with Gasteiger partial charge in [-0.05, 0) is 31.8 Å². The van der Waals surface area contributed by atoms with Crippen molar-refractivity contribution in [3.8, 4) is 0 Å². The molecule has 0 spiro atoms. The van der Waals surface area contributed by atoms with Gasteiger partial charge in [-0.15, -0.1) is 0 Å². The SMILES string of the molecule is CN(Cc1cnn(C)c1)CC1(C)CCCNC1. The van der Waals surface area contributed by atoms with Crippen LogP contribution in [0.2, 0.25) is 0 Å². The van der Waals surface area contributed by atoms with Gasteiger partial charge in [-0.3, -0.25) is 4.68 Å². The Morgan fingerprint density at radius 2 is 2.41 bits per heavy atom. The molecule has 2 heterocycles. The van der Waals surface area contributed by atoms with Gasteiger partial charge in [-0.1, -0.05) is 6.92 Å². The molecule has 1 aliphatic heterocycles. The van der Waals surface area contributed by atoms with E-state index in [4.69, 9.17) is 0 Å². The summed E-state index contributed by atoms with van der Waals surface area (Å²) in [5, 5.41) is 7.72. The monoisotopic (exact) mass is 236 g/mol. The molecular weight excluding hydrogens is 212 g/mol. The summed E-state index contributed by atoms with van der Waals surface area (Å²) >= 11 is 0. The van der Waals surface area contributed by atoms with E-state index in [9.17, 15) is 0 Å². The Bertz CT molecular complexity index is 352. The fraction of sp³-hybridized carbons (Fsp3) is 0.769. The Balaban J connectivity index is 1.85. The van der Waals surface area contributed by atoms with Crippen LogP contribution < -0.4 is 5.32 Å². The highest BCUT2D eigenvalue weighted by atomic mass is 15.2. The maximum Gasteiger partial charge on any atom is 0.0534 e. The van der Waals surface area contributed by atoms with Crippen LogP contribution in [0, 0.1) is 5.41 Å². The molecule has 0 radical (unpaired) electrons. The molecule has 1 saturated heterocycles. The lowest BCUT2D eigenvalue weighted by molar-refractivity contribution is 0.148. The third-order valence-corrected chi connectivity index (χ3v) is 3.55. The molecule has 0 aromatic carbocycles. The highest BCUT2D eigenvalue weighted by molar-refractivity contribution is 5.03. The Morgan fingerprint density at radius 1 is 1.59 bits per heavy atom. The first-order chi connectivity index (χ1) is 8.07. The normalized spacial score (nSPS) is 25.4. The molecule has 1 fully saturated rings. The molecule has 0 bridgehead atoms. The zero-order chi connectivity index (χ0) is 12.3. The van der Waals surface area contributed by atoms with E-state index in [0.29, 0.717) is 5.41 Å². The van der Waals surface area contributed by atoms with Gasteiger partial charge in [-0.25, -0.2) is 0 Å². The molecule has 1 unspecified atom stereocenters. The van der Waals surface area contributed by atoms with E-state index in [2.05, 4.69) is 35.5 Å². The van der Waals surface area contributed by atoms with Crippen molar-refractivity contribution in [2.75, 3.05) is 26.7 Å². The minimum absolute atomic E-state index is 0.426. The number of nitrogens with zero attached hydrogens (tertiary/aromatic N) is 3. The van der Waals surface area contributed by atoms with Gasteiger partial charge < -0.3 is 10.2 Å². The zero-order valence-corrected chi connectivity index (χ0v) is 11.2. The first kappa shape index (κ1) is 12.6. The van der Waals surface area contributed by atoms with Gasteiger partial charge in [0.2, 0.25) is 0 Å². The Kier molecular flexibility index (Phi) is 3.84. The fourth-order valence-corrected chi connectivity index (χ4v) is 2.83. The van der Waals surface area contributed by atoms with E-state index in [1.807, 2.05) is 17.9 Å². The number of rotatable bonds is 4. The zero-order valence-electron chi connectivity index (χ0n) is 11.2. The van der Waals surface area contributed by atoms with E-state index in [1.54, 1.807) is 0 Å². The van der Waals surface area contributed by atoms with Crippen LogP contribution in [0.5, 0.6) is 0 Å². The molecule has 4 heteroatoms. The molecule has 0 aliphatic carbocycles. The van der Waals surface area contributed by atoms with Gasteiger partial charge in [0.25, 0.3) is 0 Å². The Morgan fingerprint density at radius 3 is 3.00 bits per heavy atom. The number of hydrogen-bond acceptors (Lipinski definition) is 3. The summed E-state index contributed by atoms with van der Waals surface area (Å²) in [7, 11) is 4.17. The first-order valence-electron chi connectivity index (χ1n) is 6.44. The van der Waals surface area contributed by atoms with Crippen LogP contribution in [0.3, 0.4) is 0 Å². The van der Waals surface area contributed by atoms with Gasteiger partial charge in [-0.2, -0.15) is 5.10 Å². The van der Waals surface area contributed by atoms with Gasteiger partial charge in [0.15, 0.2) is 0 Å². The van der Waals surface area contributed by atoms with E-state index in [-0.39, 0.29) is 0 Å². The average molecular weight is 236 g/mol. The lowest BCUT2D eigenvalue weighted by Crippen LogP contribution is -2.44. The van der Waals surface area contributed by atoms with Crippen LogP contribution in [0.15, 0.2) is 12.4 Å². The minimum atomic E-state index is 0.426. The maximum atomic E-state index is 4.21. The van der Waals surface area contributed by atoms with Crippen molar-refractivity contribution in [2.24, 2.45) is 12.5 Å². The molecule has 2 rings (SSSR count). The lowest BCUT2D eigenvalue weighted by atomic mass is 9.82. The fourth-order valence-electron chi connectivity index (χ4n) is 2.83. The topological polar surface area (TPSA) is 33.1 Å².